The van der Waals surface area contributed by atoms with Crippen molar-refractivity contribution in [1.82, 2.24) is 9.88 Å². The maximum atomic E-state index is 12.5. The summed E-state index contributed by atoms with van der Waals surface area (Å²) in [5, 5.41) is 0. The molecule has 94 valence electrons. The van der Waals surface area contributed by atoms with Gasteiger partial charge in [0.05, 0.1) is 5.56 Å². The molecule has 0 spiro atoms. The van der Waals surface area contributed by atoms with E-state index in [0.717, 1.165) is 18.3 Å². The molecule has 0 bridgehead atoms. The van der Waals surface area contributed by atoms with Crippen molar-refractivity contribution in [3.05, 3.63) is 29.8 Å². The van der Waals surface area contributed by atoms with E-state index in [-0.39, 0.29) is 12.1 Å². The maximum absolute atomic E-state index is 12.5. The number of hydrogen-bond donors (Lipinski definition) is 0. The molecule has 0 saturated carbocycles. The normalized spacial score (nSPS) is 11.4. The molecule has 0 aliphatic carbocycles. The van der Waals surface area contributed by atoms with Crippen molar-refractivity contribution >= 4 is 5.91 Å². The fourth-order valence-corrected chi connectivity index (χ4v) is 1.23. The third-order valence-electron chi connectivity index (χ3n) is 2.01. The van der Waals surface area contributed by atoms with Crippen molar-refractivity contribution in [2.24, 2.45) is 0 Å². The first-order valence-electron chi connectivity index (χ1n) is 4.81. The predicted octanol–water partition coefficient (Wildman–Crippen LogP) is 2.25. The number of carbonyl (C=O) groups is 1. The standard InChI is InChI=1S/C10H10F4N2O/c1-2-16(6-10(12,13)14)9(17)7-3-4-8(11)15-5-7/h3-5H,2,6H2,1H3. The molecule has 1 aromatic heterocycles. The van der Waals surface area contributed by atoms with E-state index in [1.54, 1.807) is 0 Å². The van der Waals surface area contributed by atoms with Crippen LogP contribution in [0.3, 0.4) is 0 Å². The molecular weight excluding hydrogens is 240 g/mol. The van der Waals surface area contributed by atoms with Crippen LogP contribution in [0.25, 0.3) is 0 Å². The highest BCUT2D eigenvalue weighted by molar-refractivity contribution is 5.93. The maximum Gasteiger partial charge on any atom is 0.406 e. The number of carbonyl (C=O) groups excluding carboxylic acids is 1. The molecule has 0 atom stereocenters. The van der Waals surface area contributed by atoms with Crippen molar-refractivity contribution in [2.75, 3.05) is 13.1 Å². The Morgan fingerprint density at radius 2 is 2.06 bits per heavy atom. The van der Waals surface area contributed by atoms with Crippen molar-refractivity contribution in [1.29, 1.82) is 0 Å². The second kappa shape index (κ2) is 5.11. The molecule has 0 N–H and O–H groups in total. The van der Waals surface area contributed by atoms with E-state index in [1.165, 1.54) is 6.92 Å². The van der Waals surface area contributed by atoms with E-state index < -0.39 is 24.6 Å². The van der Waals surface area contributed by atoms with Gasteiger partial charge in [-0.3, -0.25) is 4.79 Å². The molecule has 3 nitrogen and oxygen atoms in total. The summed E-state index contributed by atoms with van der Waals surface area (Å²) in [5.74, 6) is -1.61. The first-order chi connectivity index (χ1) is 7.83. The zero-order valence-electron chi connectivity index (χ0n) is 8.96. The number of aromatic nitrogens is 1. The number of rotatable bonds is 3. The topological polar surface area (TPSA) is 33.2 Å². The second-order valence-electron chi connectivity index (χ2n) is 3.30. The van der Waals surface area contributed by atoms with Gasteiger partial charge in [0.2, 0.25) is 5.95 Å². The average Bonchev–Trinajstić information content (AvgIpc) is 2.25. The van der Waals surface area contributed by atoms with Gasteiger partial charge in [-0.05, 0) is 19.1 Å². The van der Waals surface area contributed by atoms with E-state index in [0.29, 0.717) is 4.90 Å². The van der Waals surface area contributed by atoms with Gasteiger partial charge in [-0.2, -0.15) is 17.6 Å². The minimum absolute atomic E-state index is 0.0718. The fourth-order valence-electron chi connectivity index (χ4n) is 1.23. The molecule has 17 heavy (non-hydrogen) atoms. The largest absolute Gasteiger partial charge is 0.406 e. The SMILES string of the molecule is CCN(CC(F)(F)F)C(=O)c1ccc(F)nc1. The highest BCUT2D eigenvalue weighted by Gasteiger charge is 2.32. The summed E-state index contributed by atoms with van der Waals surface area (Å²) >= 11 is 0. The zero-order valence-corrected chi connectivity index (χ0v) is 8.96. The Hall–Kier alpha value is -1.66. The lowest BCUT2D eigenvalue weighted by Gasteiger charge is -2.22. The Morgan fingerprint density at radius 3 is 2.47 bits per heavy atom. The number of pyridine rings is 1. The molecule has 7 heteroatoms. The number of halogens is 4. The van der Waals surface area contributed by atoms with Crippen LogP contribution in [0.5, 0.6) is 0 Å². The van der Waals surface area contributed by atoms with E-state index in [1.807, 2.05) is 0 Å². The minimum Gasteiger partial charge on any atom is -0.330 e. The lowest BCUT2D eigenvalue weighted by Crippen LogP contribution is -2.38. The van der Waals surface area contributed by atoms with Crippen LogP contribution < -0.4 is 0 Å². The van der Waals surface area contributed by atoms with Gasteiger partial charge in [0.1, 0.15) is 6.54 Å². The number of alkyl halides is 3. The van der Waals surface area contributed by atoms with Crippen LogP contribution in [0, 0.1) is 5.95 Å². The minimum atomic E-state index is -4.46. The predicted molar refractivity (Wildman–Crippen MR) is 51.8 cm³/mol. The average molecular weight is 250 g/mol. The molecule has 1 heterocycles. The summed E-state index contributed by atoms with van der Waals surface area (Å²) in [6.45, 7) is 0.00994. The van der Waals surface area contributed by atoms with E-state index >= 15 is 0 Å². The molecule has 0 unspecified atom stereocenters. The molecule has 1 aromatic rings. The van der Waals surface area contributed by atoms with Crippen molar-refractivity contribution in [3.8, 4) is 0 Å². The van der Waals surface area contributed by atoms with Gasteiger partial charge in [0.15, 0.2) is 0 Å². The Balaban J connectivity index is 2.83. The lowest BCUT2D eigenvalue weighted by molar-refractivity contribution is -0.140. The van der Waals surface area contributed by atoms with Gasteiger partial charge in [-0.1, -0.05) is 0 Å². The molecular formula is C10H10F4N2O. The monoisotopic (exact) mass is 250 g/mol. The van der Waals surface area contributed by atoms with Crippen LogP contribution in [-0.4, -0.2) is 35.1 Å². The summed E-state index contributed by atoms with van der Waals surface area (Å²) in [6, 6.07) is 2.03. The van der Waals surface area contributed by atoms with Crippen molar-refractivity contribution < 1.29 is 22.4 Å². The molecule has 1 rings (SSSR count). The van der Waals surface area contributed by atoms with E-state index in [9.17, 15) is 22.4 Å². The molecule has 0 saturated heterocycles. The molecule has 0 radical (unpaired) electrons. The smallest absolute Gasteiger partial charge is 0.330 e. The van der Waals surface area contributed by atoms with Crippen LogP contribution >= 0.6 is 0 Å². The first kappa shape index (κ1) is 13.4. The quantitative estimate of drug-likeness (QED) is 0.609. The third-order valence-corrected chi connectivity index (χ3v) is 2.01. The van der Waals surface area contributed by atoms with Gasteiger partial charge in [-0.15, -0.1) is 0 Å². The summed E-state index contributed by atoms with van der Waals surface area (Å²) in [6.07, 6.45) is -3.55. The molecule has 0 aromatic carbocycles. The second-order valence-corrected chi connectivity index (χ2v) is 3.30. The van der Waals surface area contributed by atoms with Crippen LogP contribution in [0.15, 0.2) is 18.3 Å². The Labute approximate surface area is 95.1 Å². The van der Waals surface area contributed by atoms with Gasteiger partial charge in [0, 0.05) is 12.7 Å². The lowest BCUT2D eigenvalue weighted by atomic mass is 10.2. The highest BCUT2D eigenvalue weighted by Crippen LogP contribution is 2.17. The van der Waals surface area contributed by atoms with Crippen LogP contribution in [0.1, 0.15) is 17.3 Å². The van der Waals surface area contributed by atoms with Crippen LogP contribution in [0.4, 0.5) is 17.6 Å². The van der Waals surface area contributed by atoms with Gasteiger partial charge >= 0.3 is 6.18 Å². The summed E-state index contributed by atoms with van der Waals surface area (Å²) in [4.78, 5) is 15.5. The molecule has 0 aliphatic rings. The van der Waals surface area contributed by atoms with Crippen LogP contribution in [0.2, 0.25) is 0 Å². The van der Waals surface area contributed by atoms with E-state index in [4.69, 9.17) is 0 Å². The van der Waals surface area contributed by atoms with Crippen molar-refractivity contribution in [2.45, 2.75) is 13.1 Å². The van der Waals surface area contributed by atoms with E-state index in [2.05, 4.69) is 4.98 Å². The zero-order chi connectivity index (χ0) is 13.1. The molecule has 0 fully saturated rings. The number of nitrogens with zero attached hydrogens (tertiary/aromatic N) is 2. The number of amides is 1. The summed E-state index contributed by atoms with van der Waals surface area (Å²) < 4.78 is 49.0. The first-order valence-corrected chi connectivity index (χ1v) is 4.81. The highest BCUT2D eigenvalue weighted by atomic mass is 19.4. The Morgan fingerprint density at radius 1 is 1.41 bits per heavy atom. The van der Waals surface area contributed by atoms with Gasteiger partial charge < -0.3 is 4.90 Å². The fraction of sp³-hybridized carbons (Fsp3) is 0.400. The summed E-state index contributed by atoms with van der Waals surface area (Å²) in [5.41, 5.74) is -0.0718. The van der Waals surface area contributed by atoms with Gasteiger partial charge in [-0.25, -0.2) is 4.98 Å². The third kappa shape index (κ3) is 4.01. The van der Waals surface area contributed by atoms with Crippen molar-refractivity contribution in [3.63, 3.8) is 0 Å². The summed E-state index contributed by atoms with van der Waals surface area (Å²) in [7, 11) is 0. The van der Waals surface area contributed by atoms with Gasteiger partial charge in [0.25, 0.3) is 5.91 Å². The number of hydrogen-bond acceptors (Lipinski definition) is 2. The Kier molecular flexibility index (Phi) is 4.03. The Bertz CT molecular complexity index is 388. The molecule has 0 aliphatic heterocycles. The van der Waals surface area contributed by atoms with Crippen LogP contribution in [-0.2, 0) is 0 Å². The molecule has 1 amide bonds.